The van der Waals surface area contributed by atoms with Crippen LogP contribution in [0.3, 0.4) is 0 Å². The number of esters is 1. The monoisotopic (exact) mass is 312 g/mol. The molecule has 0 radical (unpaired) electrons. The maximum Gasteiger partial charge on any atom is 0.310 e. The van der Waals surface area contributed by atoms with Crippen LogP contribution in [0.5, 0.6) is 0 Å². The zero-order chi connectivity index (χ0) is 15.5. The Balaban J connectivity index is 2.08. The second kappa shape index (κ2) is 6.53. The molecule has 7 heteroatoms. The molecule has 1 aliphatic carbocycles. The van der Waals surface area contributed by atoms with Crippen molar-refractivity contribution in [2.75, 3.05) is 7.11 Å². The van der Waals surface area contributed by atoms with Crippen LogP contribution in [0.25, 0.3) is 0 Å². The van der Waals surface area contributed by atoms with E-state index in [9.17, 15) is 13.2 Å². The van der Waals surface area contributed by atoms with Crippen LogP contribution in [0.4, 0.5) is 0 Å². The number of aryl methyl sites for hydroxylation is 1. The number of hydrogen-bond donors (Lipinski definition) is 1. The molecule has 0 aliphatic heterocycles. The Morgan fingerprint density at radius 1 is 1.48 bits per heavy atom. The number of pyridine rings is 1. The number of aromatic nitrogens is 1. The molecule has 1 saturated carbocycles. The van der Waals surface area contributed by atoms with Crippen molar-refractivity contribution in [3.63, 3.8) is 0 Å². The van der Waals surface area contributed by atoms with E-state index in [1.54, 1.807) is 18.5 Å². The van der Waals surface area contributed by atoms with E-state index in [1.807, 2.05) is 6.92 Å². The SMILES string of the molecule is COC(=O)C1CCCC1S(=O)(=O)NCc1ccncc1C. The first kappa shape index (κ1) is 15.9. The van der Waals surface area contributed by atoms with Crippen LogP contribution in [-0.4, -0.2) is 31.7 Å². The number of methoxy groups -OCH3 is 1. The number of ether oxygens (including phenoxy) is 1. The number of nitrogens with zero attached hydrogens (tertiary/aromatic N) is 1. The van der Waals surface area contributed by atoms with Gasteiger partial charge in [-0.15, -0.1) is 0 Å². The largest absolute Gasteiger partial charge is 0.469 e. The summed E-state index contributed by atoms with van der Waals surface area (Å²) in [5, 5.41) is -0.702. The highest BCUT2D eigenvalue weighted by atomic mass is 32.2. The smallest absolute Gasteiger partial charge is 0.310 e. The molecular formula is C14H20N2O4S. The molecule has 0 amide bonds. The number of carbonyl (C=O) groups excluding carboxylic acids is 1. The molecule has 0 spiro atoms. The second-order valence-electron chi connectivity index (χ2n) is 5.27. The zero-order valence-electron chi connectivity index (χ0n) is 12.2. The van der Waals surface area contributed by atoms with Crippen LogP contribution in [-0.2, 0) is 26.1 Å². The van der Waals surface area contributed by atoms with Gasteiger partial charge in [0.15, 0.2) is 0 Å². The Morgan fingerprint density at radius 3 is 2.90 bits per heavy atom. The van der Waals surface area contributed by atoms with Crippen LogP contribution < -0.4 is 4.72 Å². The number of sulfonamides is 1. The first-order valence-corrected chi connectivity index (χ1v) is 8.46. The molecule has 0 bridgehead atoms. The lowest BCUT2D eigenvalue weighted by molar-refractivity contribution is -0.145. The summed E-state index contributed by atoms with van der Waals surface area (Å²) >= 11 is 0. The Morgan fingerprint density at radius 2 is 2.24 bits per heavy atom. The summed E-state index contributed by atoms with van der Waals surface area (Å²) in [7, 11) is -2.26. The average Bonchev–Trinajstić information content (AvgIpc) is 2.96. The van der Waals surface area contributed by atoms with E-state index in [1.165, 1.54) is 7.11 Å². The Labute approximate surface area is 125 Å². The standard InChI is InChI=1S/C14H20N2O4S/c1-10-8-15-7-6-11(10)9-16-21(18,19)13-5-3-4-12(13)14(17)20-2/h6-8,12-13,16H,3-5,9H2,1-2H3. The van der Waals surface area contributed by atoms with Gasteiger partial charge in [0.2, 0.25) is 10.0 Å². The first-order valence-electron chi connectivity index (χ1n) is 6.91. The summed E-state index contributed by atoms with van der Waals surface area (Å²) < 4.78 is 32.1. The second-order valence-corrected chi connectivity index (χ2v) is 7.25. The molecule has 1 heterocycles. The number of rotatable bonds is 5. The van der Waals surface area contributed by atoms with Gasteiger partial charge in [-0.05, 0) is 37.0 Å². The fourth-order valence-electron chi connectivity index (χ4n) is 2.70. The van der Waals surface area contributed by atoms with E-state index in [0.29, 0.717) is 12.8 Å². The molecule has 1 N–H and O–H groups in total. The maximum absolute atomic E-state index is 12.4. The molecule has 116 valence electrons. The summed E-state index contributed by atoms with van der Waals surface area (Å²) in [6.45, 7) is 2.09. The molecule has 6 nitrogen and oxygen atoms in total. The molecule has 1 aromatic rings. The highest BCUT2D eigenvalue weighted by molar-refractivity contribution is 7.90. The normalized spacial score (nSPS) is 22.2. The molecule has 2 unspecified atom stereocenters. The van der Waals surface area contributed by atoms with E-state index in [-0.39, 0.29) is 6.54 Å². The van der Waals surface area contributed by atoms with E-state index in [2.05, 4.69) is 9.71 Å². The Hall–Kier alpha value is -1.47. The minimum atomic E-state index is -3.55. The lowest BCUT2D eigenvalue weighted by atomic mass is 10.1. The average molecular weight is 312 g/mol. The highest BCUT2D eigenvalue weighted by Crippen LogP contribution is 2.31. The molecule has 1 aliphatic rings. The molecular weight excluding hydrogens is 292 g/mol. The molecule has 0 saturated heterocycles. The fraction of sp³-hybridized carbons (Fsp3) is 0.571. The van der Waals surface area contributed by atoms with Crippen LogP contribution in [0.1, 0.15) is 30.4 Å². The van der Waals surface area contributed by atoms with Gasteiger partial charge < -0.3 is 4.74 Å². The van der Waals surface area contributed by atoms with Crippen molar-refractivity contribution in [1.29, 1.82) is 0 Å². The molecule has 1 fully saturated rings. The van der Waals surface area contributed by atoms with E-state index in [4.69, 9.17) is 4.74 Å². The number of carbonyl (C=O) groups is 1. The highest BCUT2D eigenvalue weighted by Gasteiger charge is 2.42. The number of nitrogens with one attached hydrogen (secondary N) is 1. The van der Waals surface area contributed by atoms with Crippen molar-refractivity contribution in [2.24, 2.45) is 5.92 Å². The third-order valence-corrected chi connectivity index (χ3v) is 5.86. The number of hydrogen-bond acceptors (Lipinski definition) is 5. The molecule has 2 atom stereocenters. The minimum Gasteiger partial charge on any atom is -0.469 e. The van der Waals surface area contributed by atoms with Gasteiger partial charge in [-0.2, -0.15) is 0 Å². The maximum atomic E-state index is 12.4. The molecule has 21 heavy (non-hydrogen) atoms. The predicted molar refractivity (Wildman–Crippen MR) is 77.9 cm³/mol. The summed E-state index contributed by atoms with van der Waals surface area (Å²) in [6.07, 6.45) is 5.09. The lowest BCUT2D eigenvalue weighted by Gasteiger charge is -2.18. The quantitative estimate of drug-likeness (QED) is 0.824. The molecule has 2 rings (SSSR count). The first-order chi connectivity index (χ1) is 9.95. The van der Waals surface area contributed by atoms with Crippen LogP contribution in [0, 0.1) is 12.8 Å². The Kier molecular flexibility index (Phi) is 4.95. The Bertz CT molecular complexity index is 615. The molecule has 1 aromatic heterocycles. The van der Waals surface area contributed by atoms with Crippen LogP contribution in [0.15, 0.2) is 18.5 Å². The third kappa shape index (κ3) is 3.59. The summed E-state index contributed by atoms with van der Waals surface area (Å²) in [5.74, 6) is -1.01. The van der Waals surface area contributed by atoms with Gasteiger partial charge in [-0.25, -0.2) is 13.1 Å². The topological polar surface area (TPSA) is 85.4 Å². The lowest BCUT2D eigenvalue weighted by Crippen LogP contribution is -2.39. The predicted octanol–water partition coefficient (Wildman–Crippen LogP) is 1.15. The van der Waals surface area contributed by atoms with Gasteiger partial charge in [0.1, 0.15) is 0 Å². The van der Waals surface area contributed by atoms with Crippen molar-refractivity contribution < 1.29 is 17.9 Å². The summed E-state index contributed by atoms with van der Waals surface area (Å²) in [4.78, 5) is 15.7. The zero-order valence-corrected chi connectivity index (χ0v) is 13.0. The molecule has 0 aromatic carbocycles. The van der Waals surface area contributed by atoms with Gasteiger partial charge in [0, 0.05) is 18.9 Å². The van der Waals surface area contributed by atoms with Crippen LogP contribution in [0.2, 0.25) is 0 Å². The minimum absolute atomic E-state index is 0.209. The van der Waals surface area contributed by atoms with Crippen molar-refractivity contribution >= 4 is 16.0 Å². The van der Waals surface area contributed by atoms with Crippen LogP contribution >= 0.6 is 0 Å². The summed E-state index contributed by atoms with van der Waals surface area (Å²) in [6, 6.07) is 1.78. The van der Waals surface area contributed by atoms with Gasteiger partial charge in [0.05, 0.1) is 18.3 Å². The van der Waals surface area contributed by atoms with E-state index in [0.717, 1.165) is 17.5 Å². The van der Waals surface area contributed by atoms with Crippen molar-refractivity contribution in [3.05, 3.63) is 29.6 Å². The summed E-state index contributed by atoms with van der Waals surface area (Å²) in [5.41, 5.74) is 1.80. The van der Waals surface area contributed by atoms with E-state index >= 15 is 0 Å². The third-order valence-electron chi connectivity index (χ3n) is 3.96. The van der Waals surface area contributed by atoms with Gasteiger partial charge >= 0.3 is 5.97 Å². The van der Waals surface area contributed by atoms with Gasteiger partial charge in [-0.1, -0.05) is 6.42 Å². The van der Waals surface area contributed by atoms with Gasteiger partial charge in [0.25, 0.3) is 0 Å². The fourth-order valence-corrected chi connectivity index (χ4v) is 4.43. The van der Waals surface area contributed by atoms with Gasteiger partial charge in [-0.3, -0.25) is 9.78 Å². The van der Waals surface area contributed by atoms with Crippen molar-refractivity contribution in [3.8, 4) is 0 Å². The van der Waals surface area contributed by atoms with Crippen molar-refractivity contribution in [1.82, 2.24) is 9.71 Å². The van der Waals surface area contributed by atoms with E-state index < -0.39 is 27.2 Å². The van der Waals surface area contributed by atoms with Crippen molar-refractivity contribution in [2.45, 2.75) is 38.0 Å².